The second-order valence-electron chi connectivity index (χ2n) is 5.93. The number of hydrogen-bond donors (Lipinski definition) is 1. The molecule has 0 fully saturated rings. The average molecular weight is 448 g/mol. The van der Waals surface area contributed by atoms with Crippen molar-refractivity contribution in [1.29, 1.82) is 0 Å². The molecule has 0 N–H and O–H groups in total. The lowest BCUT2D eigenvalue weighted by Crippen LogP contribution is -2.04. The van der Waals surface area contributed by atoms with Gasteiger partial charge >= 0.3 is 0 Å². The third-order valence-corrected chi connectivity index (χ3v) is 5.10. The highest BCUT2D eigenvalue weighted by atomic mass is 35.5. The van der Waals surface area contributed by atoms with Gasteiger partial charge in [-0.1, -0.05) is 41.4 Å². The maximum Gasteiger partial charge on any atom is 0.269 e. The van der Waals surface area contributed by atoms with Crippen LogP contribution in [0.2, 0.25) is 10.0 Å². The fraction of sp³-hybridized carbons (Fsp3) is 0.0588. The van der Waals surface area contributed by atoms with Crippen molar-refractivity contribution in [2.24, 2.45) is 0 Å². The molecule has 0 bridgehead atoms. The van der Waals surface area contributed by atoms with Crippen LogP contribution in [0.4, 0.5) is 5.69 Å². The van der Waals surface area contributed by atoms with Gasteiger partial charge in [0.1, 0.15) is 10.7 Å². The summed E-state index contributed by atoms with van der Waals surface area (Å²) in [5, 5.41) is 28.8. The topological polar surface area (TPSA) is 105 Å². The lowest BCUT2D eigenvalue weighted by molar-refractivity contribution is -0.384. The van der Waals surface area contributed by atoms with Crippen molar-refractivity contribution in [3.8, 4) is 17.1 Å². The van der Waals surface area contributed by atoms with Gasteiger partial charge < -0.3 is 0 Å². The van der Waals surface area contributed by atoms with E-state index in [1.165, 1.54) is 21.6 Å². The van der Waals surface area contributed by atoms with Crippen molar-refractivity contribution in [1.82, 2.24) is 30.0 Å². The summed E-state index contributed by atoms with van der Waals surface area (Å²) in [4.78, 5) is 11.7. The molecule has 0 radical (unpaired) electrons. The van der Waals surface area contributed by atoms with Gasteiger partial charge in [0.25, 0.3) is 5.69 Å². The van der Waals surface area contributed by atoms with Gasteiger partial charge in [0.15, 0.2) is 0 Å². The van der Waals surface area contributed by atoms with Crippen molar-refractivity contribution in [3.05, 3.63) is 74.4 Å². The van der Waals surface area contributed by atoms with Gasteiger partial charge in [0, 0.05) is 12.1 Å². The van der Waals surface area contributed by atoms with Crippen molar-refractivity contribution in [3.63, 3.8) is 0 Å². The molecule has 0 spiro atoms. The monoisotopic (exact) mass is 447 g/mol. The number of aromatic nitrogens is 6. The van der Waals surface area contributed by atoms with Crippen molar-refractivity contribution < 1.29 is 4.92 Å². The second-order valence-corrected chi connectivity index (χ2v) is 7.17. The molecule has 2 aromatic heterocycles. The highest BCUT2D eigenvalue weighted by Crippen LogP contribution is 2.33. The van der Waals surface area contributed by atoms with Crippen LogP contribution in [-0.2, 0) is 6.54 Å². The average Bonchev–Trinajstić information content (AvgIpc) is 3.29. The Morgan fingerprint density at radius 1 is 1.10 bits per heavy atom. The number of thiol groups is 1. The lowest BCUT2D eigenvalue weighted by atomic mass is 10.2. The molecule has 2 aromatic carbocycles. The fourth-order valence-corrected chi connectivity index (χ4v) is 3.53. The van der Waals surface area contributed by atoms with Gasteiger partial charge in [-0.25, -0.2) is 4.68 Å². The summed E-state index contributed by atoms with van der Waals surface area (Å²) in [6.45, 7) is 0.303. The molecule has 0 saturated heterocycles. The van der Waals surface area contributed by atoms with E-state index < -0.39 is 4.92 Å². The highest BCUT2D eigenvalue weighted by molar-refractivity contribution is 7.80. The molecule has 146 valence electrons. The Bertz CT molecular complexity index is 1190. The molecule has 9 nitrogen and oxygen atoms in total. The fourth-order valence-electron chi connectivity index (χ4n) is 2.66. The minimum Gasteiger partial charge on any atom is -0.258 e. The maximum absolute atomic E-state index is 10.7. The van der Waals surface area contributed by atoms with Crippen LogP contribution >= 0.6 is 35.8 Å². The van der Waals surface area contributed by atoms with Gasteiger partial charge in [0.2, 0.25) is 5.82 Å². The van der Waals surface area contributed by atoms with Gasteiger partial charge in [-0.15, -0.1) is 22.8 Å². The number of hydrogen-bond acceptors (Lipinski definition) is 7. The number of tetrazole rings is 1. The number of halogens is 2. The Morgan fingerprint density at radius 2 is 1.79 bits per heavy atom. The van der Waals surface area contributed by atoms with Gasteiger partial charge in [0.05, 0.1) is 33.3 Å². The summed E-state index contributed by atoms with van der Waals surface area (Å²) in [6, 6.07) is 11.3. The van der Waals surface area contributed by atoms with Crippen LogP contribution in [0.15, 0.2) is 53.7 Å². The van der Waals surface area contributed by atoms with Gasteiger partial charge in [-0.2, -0.15) is 9.90 Å². The van der Waals surface area contributed by atoms with Crippen LogP contribution in [0.25, 0.3) is 17.1 Å². The molecule has 29 heavy (non-hydrogen) atoms. The van der Waals surface area contributed by atoms with Crippen molar-refractivity contribution in [2.45, 2.75) is 11.6 Å². The van der Waals surface area contributed by atoms with Gasteiger partial charge in [-0.05, 0) is 22.9 Å². The normalized spacial score (nSPS) is 11.0. The summed E-state index contributed by atoms with van der Waals surface area (Å²) < 4.78 is 1.50. The quantitative estimate of drug-likeness (QED) is 0.280. The van der Waals surface area contributed by atoms with E-state index in [0.29, 0.717) is 38.7 Å². The Hall–Kier alpha value is -2.95. The molecular formula is C17H11Cl2N7O2S. The minimum absolute atomic E-state index is 0.0198. The largest absolute Gasteiger partial charge is 0.269 e. The van der Waals surface area contributed by atoms with Crippen molar-refractivity contribution >= 4 is 41.5 Å². The Labute approximate surface area is 179 Å². The first-order valence-electron chi connectivity index (χ1n) is 8.17. The number of nitro groups is 1. The van der Waals surface area contributed by atoms with E-state index in [-0.39, 0.29) is 5.69 Å². The Balaban J connectivity index is 1.60. The number of benzene rings is 2. The highest BCUT2D eigenvalue weighted by Gasteiger charge is 2.18. The number of nitrogens with zero attached hydrogens (tertiary/aromatic N) is 7. The molecular weight excluding hydrogens is 437 g/mol. The first-order valence-corrected chi connectivity index (χ1v) is 9.37. The summed E-state index contributed by atoms with van der Waals surface area (Å²) in [5.74, 6) is 0.325. The molecule has 0 atom stereocenters. The molecule has 0 amide bonds. The number of para-hydroxylation sites is 1. The van der Waals surface area contributed by atoms with Gasteiger partial charge in [-0.3, -0.25) is 10.1 Å². The molecule has 0 saturated carbocycles. The summed E-state index contributed by atoms with van der Waals surface area (Å²) in [7, 11) is 0. The Kier molecular flexibility index (Phi) is 5.22. The number of rotatable bonds is 5. The zero-order chi connectivity index (χ0) is 20.5. The zero-order valence-electron chi connectivity index (χ0n) is 14.5. The first-order chi connectivity index (χ1) is 13.9. The molecule has 0 aliphatic carbocycles. The van der Waals surface area contributed by atoms with E-state index in [4.69, 9.17) is 23.2 Å². The second kappa shape index (κ2) is 7.82. The molecule has 4 aromatic rings. The standard InChI is InChI=1S/C17H11Cl2N7O2S/c18-13-2-1-3-14(19)15(13)25-17(29)12(8-20-25)16-21-23-24(22-16)9-10-4-6-11(7-5-10)26(27)28/h1-8,29H,9H2. The molecule has 12 heteroatoms. The molecule has 0 aliphatic heterocycles. The number of non-ortho nitro benzene ring substituents is 1. The van der Waals surface area contributed by atoms with E-state index in [0.717, 1.165) is 5.56 Å². The Morgan fingerprint density at radius 3 is 2.45 bits per heavy atom. The van der Waals surface area contributed by atoms with Crippen molar-refractivity contribution in [2.75, 3.05) is 0 Å². The molecule has 0 unspecified atom stereocenters. The van der Waals surface area contributed by atoms with Crippen LogP contribution in [-0.4, -0.2) is 34.9 Å². The van der Waals surface area contributed by atoms with Crippen LogP contribution in [0, 0.1) is 10.1 Å². The third kappa shape index (κ3) is 3.82. The minimum atomic E-state index is -0.452. The van der Waals surface area contributed by atoms with E-state index in [2.05, 4.69) is 33.1 Å². The summed E-state index contributed by atoms with van der Waals surface area (Å²) >= 11 is 17.0. The molecule has 2 heterocycles. The lowest BCUT2D eigenvalue weighted by Gasteiger charge is -2.08. The summed E-state index contributed by atoms with van der Waals surface area (Å²) in [5.41, 5.74) is 1.88. The SMILES string of the molecule is O=[N+]([O-])c1ccc(Cn2nnc(-c3cnn(-c4c(Cl)cccc4Cl)c3S)n2)cc1. The number of nitro benzene ring substituents is 1. The van der Waals surface area contributed by atoms with E-state index >= 15 is 0 Å². The molecule has 4 rings (SSSR count). The maximum atomic E-state index is 10.7. The third-order valence-electron chi connectivity index (χ3n) is 4.06. The summed E-state index contributed by atoms with van der Waals surface area (Å²) in [6.07, 6.45) is 1.55. The predicted molar refractivity (Wildman–Crippen MR) is 110 cm³/mol. The zero-order valence-corrected chi connectivity index (χ0v) is 16.9. The predicted octanol–water partition coefficient (Wildman–Crippen LogP) is 4.08. The van der Waals surface area contributed by atoms with Crippen LogP contribution in [0.1, 0.15) is 5.56 Å². The van der Waals surface area contributed by atoms with Crippen LogP contribution in [0.5, 0.6) is 0 Å². The van der Waals surface area contributed by atoms with Crippen LogP contribution < -0.4 is 0 Å². The van der Waals surface area contributed by atoms with E-state index in [1.807, 2.05) is 0 Å². The van der Waals surface area contributed by atoms with E-state index in [9.17, 15) is 10.1 Å². The smallest absolute Gasteiger partial charge is 0.258 e. The first kappa shape index (κ1) is 19.4. The van der Waals surface area contributed by atoms with E-state index in [1.54, 1.807) is 36.5 Å². The molecule has 0 aliphatic rings. The van der Waals surface area contributed by atoms with Crippen LogP contribution in [0.3, 0.4) is 0 Å².